The molecule has 1 amide bonds. The third-order valence-corrected chi connectivity index (χ3v) is 4.71. The molecule has 1 aromatic carbocycles. The van der Waals surface area contributed by atoms with Crippen molar-refractivity contribution in [2.75, 3.05) is 6.54 Å². The van der Waals surface area contributed by atoms with E-state index in [9.17, 15) is 4.79 Å². The van der Waals surface area contributed by atoms with Crippen LogP contribution in [0.1, 0.15) is 39.0 Å². The van der Waals surface area contributed by atoms with Crippen LogP contribution in [0.25, 0.3) is 0 Å². The lowest BCUT2D eigenvalue weighted by Gasteiger charge is -2.23. The predicted octanol–water partition coefficient (Wildman–Crippen LogP) is 4.57. The van der Waals surface area contributed by atoms with Crippen LogP contribution in [-0.2, 0) is 4.79 Å². The molecule has 0 aliphatic heterocycles. The number of nitrogens with one attached hydrogen (secondary N) is 1. The molecule has 0 aromatic heterocycles. The van der Waals surface area contributed by atoms with Gasteiger partial charge >= 0.3 is 0 Å². The van der Waals surface area contributed by atoms with Crippen molar-refractivity contribution in [3.63, 3.8) is 0 Å². The van der Waals surface area contributed by atoms with Gasteiger partial charge in [-0.25, -0.2) is 0 Å². The molecule has 1 saturated carbocycles. The topological polar surface area (TPSA) is 38.3 Å². The van der Waals surface area contributed by atoms with E-state index in [-0.39, 0.29) is 5.91 Å². The molecule has 1 unspecified atom stereocenters. The van der Waals surface area contributed by atoms with Crippen LogP contribution < -0.4 is 10.1 Å². The zero-order valence-electron chi connectivity index (χ0n) is 12.2. The first-order valence-electron chi connectivity index (χ1n) is 7.45. The molecule has 1 fully saturated rings. The summed E-state index contributed by atoms with van der Waals surface area (Å²) in [6, 6.07) is 5.26. The van der Waals surface area contributed by atoms with Gasteiger partial charge in [0.2, 0.25) is 0 Å². The summed E-state index contributed by atoms with van der Waals surface area (Å²) in [6.07, 6.45) is 5.81. The first-order valence-corrected chi connectivity index (χ1v) is 8.63. The van der Waals surface area contributed by atoms with Gasteiger partial charge in [0, 0.05) is 11.6 Å². The molecule has 2 rings (SSSR count). The van der Waals surface area contributed by atoms with Gasteiger partial charge in [0.05, 0.1) is 4.47 Å². The number of carbonyl (C=O) groups is 1. The molecule has 116 valence electrons. The van der Waals surface area contributed by atoms with E-state index in [1.54, 1.807) is 25.1 Å². The number of ether oxygens (including phenoxy) is 1. The van der Waals surface area contributed by atoms with Crippen LogP contribution in [-0.4, -0.2) is 18.6 Å². The molecule has 1 aliphatic carbocycles. The van der Waals surface area contributed by atoms with E-state index in [0.717, 1.165) is 11.0 Å². The van der Waals surface area contributed by atoms with Crippen LogP contribution in [0.4, 0.5) is 0 Å². The second-order valence-electron chi connectivity index (χ2n) is 5.58. The monoisotopic (exact) mass is 373 g/mol. The van der Waals surface area contributed by atoms with E-state index in [1.807, 2.05) is 0 Å². The van der Waals surface area contributed by atoms with Gasteiger partial charge in [0.1, 0.15) is 5.75 Å². The number of hydrogen-bond acceptors (Lipinski definition) is 2. The molecular formula is C16H21BrClNO2. The quantitative estimate of drug-likeness (QED) is 0.820. The normalized spacial score (nSPS) is 17.3. The van der Waals surface area contributed by atoms with Crippen LogP contribution in [0.15, 0.2) is 22.7 Å². The van der Waals surface area contributed by atoms with Crippen molar-refractivity contribution >= 4 is 33.4 Å². The Morgan fingerprint density at radius 1 is 1.43 bits per heavy atom. The zero-order chi connectivity index (χ0) is 15.2. The van der Waals surface area contributed by atoms with Crippen LogP contribution in [0.5, 0.6) is 5.75 Å². The van der Waals surface area contributed by atoms with Gasteiger partial charge in [-0.2, -0.15) is 0 Å². The van der Waals surface area contributed by atoms with Gasteiger partial charge in [-0.05, 0) is 59.8 Å². The maximum Gasteiger partial charge on any atom is 0.260 e. The van der Waals surface area contributed by atoms with Crippen molar-refractivity contribution < 1.29 is 9.53 Å². The summed E-state index contributed by atoms with van der Waals surface area (Å²) in [4.78, 5) is 12.1. The van der Waals surface area contributed by atoms with Gasteiger partial charge in [0.15, 0.2) is 6.10 Å². The summed E-state index contributed by atoms with van der Waals surface area (Å²) in [5.74, 6) is 1.18. The third kappa shape index (κ3) is 5.19. The molecule has 3 nitrogen and oxygen atoms in total. The fraction of sp³-hybridized carbons (Fsp3) is 0.562. The van der Waals surface area contributed by atoms with Gasteiger partial charge < -0.3 is 10.1 Å². The standard InChI is InChI=1S/C16H21BrClNO2/c1-11(21-15-8-7-13(18)9-14(15)17)16(20)19-10-12-5-3-2-4-6-12/h7-9,11-12H,2-6,10H2,1H3,(H,19,20). The number of amides is 1. The highest BCUT2D eigenvalue weighted by Crippen LogP contribution is 2.28. The molecule has 1 N–H and O–H groups in total. The summed E-state index contributed by atoms with van der Waals surface area (Å²) < 4.78 is 6.44. The number of hydrogen-bond donors (Lipinski definition) is 1. The zero-order valence-corrected chi connectivity index (χ0v) is 14.5. The Labute approximate surface area is 139 Å². The number of benzene rings is 1. The number of carbonyl (C=O) groups excluding carboxylic acids is 1. The van der Waals surface area contributed by atoms with Crippen molar-refractivity contribution in [2.24, 2.45) is 5.92 Å². The minimum absolute atomic E-state index is 0.0672. The Balaban J connectivity index is 1.81. The highest BCUT2D eigenvalue weighted by molar-refractivity contribution is 9.10. The molecule has 21 heavy (non-hydrogen) atoms. The average molecular weight is 375 g/mol. The molecule has 1 aliphatic rings. The van der Waals surface area contributed by atoms with Crippen molar-refractivity contribution in [1.82, 2.24) is 5.32 Å². The Morgan fingerprint density at radius 3 is 2.81 bits per heavy atom. The van der Waals surface area contributed by atoms with E-state index >= 15 is 0 Å². The number of rotatable bonds is 5. The Hall–Kier alpha value is -0.740. The van der Waals surface area contributed by atoms with Crippen LogP contribution in [0.2, 0.25) is 5.02 Å². The van der Waals surface area contributed by atoms with Crippen LogP contribution in [0.3, 0.4) is 0 Å². The van der Waals surface area contributed by atoms with Crippen LogP contribution in [0, 0.1) is 5.92 Å². The summed E-state index contributed by atoms with van der Waals surface area (Å²) in [6.45, 7) is 2.52. The maximum atomic E-state index is 12.1. The van der Waals surface area contributed by atoms with Crippen molar-refractivity contribution in [3.05, 3.63) is 27.7 Å². The third-order valence-electron chi connectivity index (χ3n) is 3.86. The molecule has 0 radical (unpaired) electrons. The first-order chi connectivity index (χ1) is 10.1. The molecule has 1 atom stereocenters. The fourth-order valence-corrected chi connectivity index (χ4v) is 3.37. The molecule has 5 heteroatoms. The SMILES string of the molecule is CC(Oc1ccc(Cl)cc1Br)C(=O)NCC1CCCCC1. The minimum Gasteiger partial charge on any atom is -0.480 e. The van der Waals surface area contributed by atoms with Crippen molar-refractivity contribution in [2.45, 2.75) is 45.1 Å². The predicted molar refractivity (Wildman–Crippen MR) is 88.8 cm³/mol. The van der Waals surface area contributed by atoms with Crippen molar-refractivity contribution in [3.8, 4) is 5.75 Å². The highest BCUT2D eigenvalue weighted by atomic mass is 79.9. The number of halogens is 2. The van der Waals surface area contributed by atoms with E-state index < -0.39 is 6.10 Å². The molecule has 1 aromatic rings. The molecule has 0 spiro atoms. The highest BCUT2D eigenvalue weighted by Gasteiger charge is 2.19. The van der Waals surface area contributed by atoms with E-state index in [2.05, 4.69) is 21.2 Å². The van der Waals surface area contributed by atoms with E-state index in [0.29, 0.717) is 16.7 Å². The largest absolute Gasteiger partial charge is 0.480 e. The summed E-state index contributed by atoms with van der Waals surface area (Å²) in [5.41, 5.74) is 0. The molecule has 0 bridgehead atoms. The lowest BCUT2D eigenvalue weighted by atomic mass is 9.89. The van der Waals surface area contributed by atoms with Gasteiger partial charge in [-0.3, -0.25) is 4.79 Å². The second-order valence-corrected chi connectivity index (χ2v) is 6.87. The van der Waals surface area contributed by atoms with Gasteiger partial charge in [-0.15, -0.1) is 0 Å². The van der Waals surface area contributed by atoms with Gasteiger partial charge in [0.25, 0.3) is 5.91 Å². The molecular weight excluding hydrogens is 354 g/mol. The molecule has 0 heterocycles. The second kappa shape index (κ2) is 8.04. The fourth-order valence-electron chi connectivity index (χ4n) is 2.59. The minimum atomic E-state index is -0.522. The lowest BCUT2D eigenvalue weighted by molar-refractivity contribution is -0.127. The summed E-state index contributed by atoms with van der Waals surface area (Å²) in [7, 11) is 0. The van der Waals surface area contributed by atoms with Gasteiger partial charge in [-0.1, -0.05) is 30.9 Å². The lowest BCUT2D eigenvalue weighted by Crippen LogP contribution is -2.39. The summed E-state index contributed by atoms with van der Waals surface area (Å²) >= 11 is 9.27. The van der Waals surface area contributed by atoms with E-state index in [4.69, 9.17) is 16.3 Å². The average Bonchev–Trinajstić information content (AvgIpc) is 2.48. The maximum absolute atomic E-state index is 12.1. The van der Waals surface area contributed by atoms with Crippen LogP contribution >= 0.6 is 27.5 Å². The Kier molecular flexibility index (Phi) is 6.37. The summed E-state index contributed by atoms with van der Waals surface area (Å²) in [5, 5.41) is 3.63. The first kappa shape index (κ1) is 16.6. The molecule has 0 saturated heterocycles. The Morgan fingerprint density at radius 2 is 2.14 bits per heavy atom. The Bertz CT molecular complexity index is 489. The van der Waals surface area contributed by atoms with E-state index in [1.165, 1.54) is 32.1 Å². The smallest absolute Gasteiger partial charge is 0.260 e. The van der Waals surface area contributed by atoms with Crippen molar-refractivity contribution in [1.29, 1.82) is 0 Å².